The molecule has 1 aliphatic heterocycles. The highest BCUT2D eigenvalue weighted by Gasteiger charge is 2.34. The maximum absolute atomic E-state index is 11.7. The van der Waals surface area contributed by atoms with Crippen molar-refractivity contribution >= 4 is 17.6 Å². The zero-order valence-electron chi connectivity index (χ0n) is 13.6. The fourth-order valence-corrected chi connectivity index (χ4v) is 2.48. The SMILES string of the molecule is CC(C)NC(=O)Nc1ccc(C2OCC(=O)N(C)C2CO)cc1. The second-order valence-electron chi connectivity index (χ2n) is 5.86. The number of ether oxygens (including phenoxy) is 1. The highest BCUT2D eigenvalue weighted by Crippen LogP contribution is 2.28. The van der Waals surface area contributed by atoms with E-state index < -0.39 is 6.04 Å². The molecule has 0 spiro atoms. The van der Waals surface area contributed by atoms with Crippen LogP contribution in [0.1, 0.15) is 25.5 Å². The van der Waals surface area contributed by atoms with Crippen LogP contribution in [0, 0.1) is 0 Å². The lowest BCUT2D eigenvalue weighted by Gasteiger charge is -2.38. The van der Waals surface area contributed by atoms with Gasteiger partial charge in [0.25, 0.3) is 0 Å². The molecule has 3 amide bonds. The zero-order chi connectivity index (χ0) is 17.0. The fourth-order valence-electron chi connectivity index (χ4n) is 2.48. The Kier molecular flexibility index (Phi) is 5.57. The van der Waals surface area contributed by atoms with Crippen LogP contribution in [0.15, 0.2) is 24.3 Å². The van der Waals surface area contributed by atoms with Crippen molar-refractivity contribution in [3.63, 3.8) is 0 Å². The van der Waals surface area contributed by atoms with Crippen molar-refractivity contribution in [3.8, 4) is 0 Å². The van der Waals surface area contributed by atoms with E-state index >= 15 is 0 Å². The van der Waals surface area contributed by atoms with Crippen LogP contribution >= 0.6 is 0 Å². The summed E-state index contributed by atoms with van der Waals surface area (Å²) >= 11 is 0. The number of carbonyl (C=O) groups is 2. The van der Waals surface area contributed by atoms with Crippen molar-refractivity contribution in [1.82, 2.24) is 10.2 Å². The van der Waals surface area contributed by atoms with Gasteiger partial charge in [-0.3, -0.25) is 4.79 Å². The third-order valence-corrected chi connectivity index (χ3v) is 3.73. The predicted octanol–water partition coefficient (Wildman–Crippen LogP) is 1.11. The van der Waals surface area contributed by atoms with E-state index in [4.69, 9.17) is 4.74 Å². The van der Waals surface area contributed by atoms with E-state index in [2.05, 4.69) is 10.6 Å². The highest BCUT2D eigenvalue weighted by atomic mass is 16.5. The van der Waals surface area contributed by atoms with Gasteiger partial charge in [-0.15, -0.1) is 0 Å². The number of aliphatic hydroxyl groups is 1. The number of urea groups is 1. The number of hydrogen-bond donors (Lipinski definition) is 3. The molecule has 1 fully saturated rings. The Bertz CT molecular complexity index is 559. The molecular weight excluding hydrogens is 298 g/mol. The Hall–Kier alpha value is -2.12. The summed E-state index contributed by atoms with van der Waals surface area (Å²) in [5, 5.41) is 15.0. The molecule has 1 aromatic rings. The van der Waals surface area contributed by atoms with Gasteiger partial charge < -0.3 is 25.4 Å². The molecule has 0 radical (unpaired) electrons. The Morgan fingerprint density at radius 1 is 1.39 bits per heavy atom. The third kappa shape index (κ3) is 4.20. The molecule has 7 nitrogen and oxygen atoms in total. The summed E-state index contributed by atoms with van der Waals surface area (Å²) in [5.74, 6) is -0.149. The average Bonchev–Trinajstić information content (AvgIpc) is 2.50. The minimum Gasteiger partial charge on any atom is -0.394 e. The second kappa shape index (κ2) is 7.43. The zero-order valence-corrected chi connectivity index (χ0v) is 13.6. The number of benzene rings is 1. The maximum Gasteiger partial charge on any atom is 0.319 e. The molecule has 126 valence electrons. The van der Waals surface area contributed by atoms with Gasteiger partial charge in [0.05, 0.1) is 12.6 Å². The van der Waals surface area contributed by atoms with Gasteiger partial charge in [-0.05, 0) is 31.5 Å². The second-order valence-corrected chi connectivity index (χ2v) is 5.86. The van der Waals surface area contributed by atoms with Crippen LogP contribution in [0.3, 0.4) is 0 Å². The molecule has 2 atom stereocenters. The number of carbonyl (C=O) groups excluding carboxylic acids is 2. The Morgan fingerprint density at radius 3 is 2.61 bits per heavy atom. The Balaban J connectivity index is 2.06. The molecule has 1 heterocycles. The van der Waals surface area contributed by atoms with Crippen LogP contribution in [-0.2, 0) is 9.53 Å². The van der Waals surface area contributed by atoms with Crippen molar-refractivity contribution in [2.45, 2.75) is 32.0 Å². The molecule has 7 heteroatoms. The van der Waals surface area contributed by atoms with E-state index in [1.54, 1.807) is 19.2 Å². The molecule has 3 N–H and O–H groups in total. The lowest BCUT2D eigenvalue weighted by Crippen LogP contribution is -2.50. The summed E-state index contributed by atoms with van der Waals surface area (Å²) in [6.07, 6.45) is -0.388. The number of amides is 3. The summed E-state index contributed by atoms with van der Waals surface area (Å²) in [6.45, 7) is 3.59. The molecule has 0 aliphatic carbocycles. The number of aliphatic hydroxyl groups excluding tert-OH is 1. The van der Waals surface area contributed by atoms with Gasteiger partial charge in [-0.25, -0.2) is 4.79 Å². The molecule has 1 saturated heterocycles. The summed E-state index contributed by atoms with van der Waals surface area (Å²) in [6, 6.07) is 6.56. The third-order valence-electron chi connectivity index (χ3n) is 3.73. The molecule has 0 aromatic heterocycles. The first kappa shape index (κ1) is 17.2. The van der Waals surface area contributed by atoms with Crippen molar-refractivity contribution in [2.24, 2.45) is 0 Å². The van der Waals surface area contributed by atoms with Gasteiger partial charge in [0.1, 0.15) is 12.7 Å². The Morgan fingerprint density at radius 2 is 2.04 bits per heavy atom. The Labute approximate surface area is 135 Å². The maximum atomic E-state index is 11.7. The fraction of sp³-hybridized carbons (Fsp3) is 0.500. The largest absolute Gasteiger partial charge is 0.394 e. The molecule has 0 bridgehead atoms. The first-order valence-corrected chi connectivity index (χ1v) is 7.58. The molecule has 1 aliphatic rings. The van der Waals surface area contributed by atoms with Crippen LogP contribution in [0.4, 0.5) is 10.5 Å². The van der Waals surface area contributed by atoms with E-state index in [9.17, 15) is 14.7 Å². The lowest BCUT2D eigenvalue weighted by molar-refractivity contribution is -0.157. The minimum absolute atomic E-state index is 0.00549. The van der Waals surface area contributed by atoms with Crippen LogP contribution in [0.2, 0.25) is 0 Å². The number of nitrogens with zero attached hydrogens (tertiary/aromatic N) is 1. The molecular formula is C16H23N3O4. The van der Waals surface area contributed by atoms with Crippen LogP contribution in [0.5, 0.6) is 0 Å². The number of likely N-dealkylation sites (N-methyl/N-ethyl adjacent to an activating group) is 1. The molecule has 23 heavy (non-hydrogen) atoms. The van der Waals surface area contributed by atoms with E-state index in [-0.39, 0.29) is 37.3 Å². The van der Waals surface area contributed by atoms with Crippen molar-refractivity contribution in [2.75, 3.05) is 25.6 Å². The van der Waals surface area contributed by atoms with Crippen LogP contribution in [0.25, 0.3) is 0 Å². The molecule has 2 unspecified atom stereocenters. The van der Waals surface area contributed by atoms with E-state index in [1.165, 1.54) is 4.90 Å². The average molecular weight is 321 g/mol. The summed E-state index contributed by atoms with van der Waals surface area (Å²) in [7, 11) is 1.66. The standard InChI is InChI=1S/C16H23N3O4/c1-10(2)17-16(22)18-12-6-4-11(5-7-12)15-13(8-20)19(3)14(21)9-23-15/h4-7,10,13,15,20H,8-9H2,1-3H3,(H2,17,18,22). The van der Waals surface area contributed by atoms with Gasteiger partial charge in [0.15, 0.2) is 0 Å². The summed E-state index contributed by atoms with van der Waals surface area (Å²) in [4.78, 5) is 24.8. The first-order valence-electron chi connectivity index (χ1n) is 7.58. The monoisotopic (exact) mass is 321 g/mol. The molecule has 1 aromatic carbocycles. The van der Waals surface area contributed by atoms with Gasteiger partial charge in [0, 0.05) is 18.8 Å². The number of hydrogen-bond acceptors (Lipinski definition) is 4. The summed E-state index contributed by atoms with van der Waals surface area (Å²) < 4.78 is 5.57. The van der Waals surface area contributed by atoms with E-state index in [0.29, 0.717) is 5.69 Å². The van der Waals surface area contributed by atoms with Crippen molar-refractivity contribution < 1.29 is 19.4 Å². The molecule has 2 rings (SSSR count). The van der Waals surface area contributed by atoms with Gasteiger partial charge >= 0.3 is 6.03 Å². The number of morpholine rings is 1. The highest BCUT2D eigenvalue weighted by molar-refractivity contribution is 5.89. The van der Waals surface area contributed by atoms with E-state index in [1.807, 2.05) is 26.0 Å². The van der Waals surface area contributed by atoms with Crippen LogP contribution in [-0.4, -0.2) is 54.3 Å². The lowest BCUT2D eigenvalue weighted by atomic mass is 9.99. The van der Waals surface area contributed by atoms with Gasteiger partial charge in [-0.2, -0.15) is 0 Å². The molecule has 0 saturated carbocycles. The van der Waals surface area contributed by atoms with E-state index in [0.717, 1.165) is 5.56 Å². The number of anilines is 1. The normalized spacial score (nSPS) is 21.4. The topological polar surface area (TPSA) is 90.9 Å². The van der Waals surface area contributed by atoms with Gasteiger partial charge in [-0.1, -0.05) is 12.1 Å². The smallest absolute Gasteiger partial charge is 0.319 e. The number of nitrogens with one attached hydrogen (secondary N) is 2. The first-order chi connectivity index (χ1) is 10.9. The van der Waals surface area contributed by atoms with Crippen molar-refractivity contribution in [3.05, 3.63) is 29.8 Å². The summed E-state index contributed by atoms with van der Waals surface area (Å²) in [5.41, 5.74) is 1.51. The number of rotatable bonds is 4. The minimum atomic E-state index is -0.417. The van der Waals surface area contributed by atoms with Crippen LogP contribution < -0.4 is 10.6 Å². The predicted molar refractivity (Wildman–Crippen MR) is 86.1 cm³/mol. The van der Waals surface area contributed by atoms with Gasteiger partial charge in [0.2, 0.25) is 5.91 Å². The quantitative estimate of drug-likeness (QED) is 0.775. The van der Waals surface area contributed by atoms with Crippen molar-refractivity contribution in [1.29, 1.82) is 0 Å².